The van der Waals surface area contributed by atoms with E-state index >= 15 is 0 Å². The van der Waals surface area contributed by atoms with Crippen LogP contribution in [-0.2, 0) is 16.3 Å². The SMILES string of the molecule is CCCNC(Cc1csc2ccccc12)C(C)S(C)(=O)=O. The topological polar surface area (TPSA) is 46.2 Å². The van der Waals surface area contributed by atoms with Crippen LogP contribution >= 0.6 is 11.3 Å². The predicted octanol–water partition coefficient (Wildman–Crippen LogP) is 3.25. The van der Waals surface area contributed by atoms with Crippen LogP contribution < -0.4 is 5.32 Å². The summed E-state index contributed by atoms with van der Waals surface area (Å²) in [5, 5.41) is 6.41. The zero-order valence-electron chi connectivity index (χ0n) is 12.8. The second kappa shape index (κ2) is 6.90. The molecule has 0 spiro atoms. The van der Waals surface area contributed by atoms with Gasteiger partial charge in [-0.3, -0.25) is 0 Å². The fourth-order valence-corrected chi connectivity index (χ4v) is 4.22. The third-order valence-corrected chi connectivity index (χ3v) is 6.59. The third kappa shape index (κ3) is 4.05. The summed E-state index contributed by atoms with van der Waals surface area (Å²) in [6.45, 7) is 4.74. The Morgan fingerprint density at radius 3 is 2.67 bits per heavy atom. The summed E-state index contributed by atoms with van der Waals surface area (Å²) < 4.78 is 25.0. The first-order valence-corrected chi connectivity index (χ1v) is 10.1. The molecule has 21 heavy (non-hydrogen) atoms. The third-order valence-electron chi connectivity index (χ3n) is 3.90. The largest absolute Gasteiger partial charge is 0.312 e. The van der Waals surface area contributed by atoms with Gasteiger partial charge in [0.2, 0.25) is 0 Å². The molecule has 2 unspecified atom stereocenters. The second-order valence-electron chi connectivity index (χ2n) is 5.56. The van der Waals surface area contributed by atoms with Crippen molar-refractivity contribution in [1.29, 1.82) is 0 Å². The summed E-state index contributed by atoms with van der Waals surface area (Å²) in [4.78, 5) is 0. The Morgan fingerprint density at radius 1 is 1.29 bits per heavy atom. The summed E-state index contributed by atoms with van der Waals surface area (Å²) >= 11 is 1.72. The molecule has 0 bridgehead atoms. The smallest absolute Gasteiger partial charge is 0.151 e. The lowest BCUT2D eigenvalue weighted by molar-refractivity contribution is 0.483. The van der Waals surface area contributed by atoms with Crippen LogP contribution in [0.3, 0.4) is 0 Å². The van der Waals surface area contributed by atoms with Gasteiger partial charge in [0, 0.05) is 17.0 Å². The van der Waals surface area contributed by atoms with E-state index in [1.807, 2.05) is 12.1 Å². The molecule has 0 saturated carbocycles. The lowest BCUT2D eigenvalue weighted by Gasteiger charge is -2.24. The lowest BCUT2D eigenvalue weighted by Crippen LogP contribution is -2.44. The average Bonchev–Trinajstić information content (AvgIpc) is 2.85. The number of benzene rings is 1. The van der Waals surface area contributed by atoms with Gasteiger partial charge in [-0.1, -0.05) is 25.1 Å². The van der Waals surface area contributed by atoms with E-state index in [2.05, 4.69) is 29.8 Å². The van der Waals surface area contributed by atoms with Gasteiger partial charge in [0.15, 0.2) is 9.84 Å². The highest BCUT2D eigenvalue weighted by atomic mass is 32.2. The van der Waals surface area contributed by atoms with Gasteiger partial charge >= 0.3 is 0 Å². The van der Waals surface area contributed by atoms with Gasteiger partial charge in [-0.05, 0) is 48.7 Å². The van der Waals surface area contributed by atoms with E-state index in [-0.39, 0.29) is 11.3 Å². The first-order valence-electron chi connectivity index (χ1n) is 7.30. The molecule has 0 aliphatic carbocycles. The molecule has 5 heteroatoms. The molecular formula is C16H23NO2S2. The van der Waals surface area contributed by atoms with E-state index < -0.39 is 9.84 Å². The van der Waals surface area contributed by atoms with Crippen molar-refractivity contribution >= 4 is 31.3 Å². The van der Waals surface area contributed by atoms with Gasteiger partial charge in [0.1, 0.15) is 0 Å². The highest BCUT2D eigenvalue weighted by Crippen LogP contribution is 2.27. The number of nitrogens with one attached hydrogen (secondary N) is 1. The Hall–Kier alpha value is -0.910. The Bertz CT molecular complexity index is 691. The summed E-state index contributed by atoms with van der Waals surface area (Å²) in [6, 6.07) is 8.25. The van der Waals surface area contributed by atoms with Gasteiger partial charge < -0.3 is 5.32 Å². The summed E-state index contributed by atoms with van der Waals surface area (Å²) in [7, 11) is -3.05. The van der Waals surface area contributed by atoms with Crippen molar-refractivity contribution < 1.29 is 8.42 Å². The monoisotopic (exact) mass is 325 g/mol. The molecule has 0 aliphatic heterocycles. The Kier molecular flexibility index (Phi) is 5.41. The zero-order valence-corrected chi connectivity index (χ0v) is 14.4. The zero-order chi connectivity index (χ0) is 15.5. The standard InChI is InChI=1S/C16H23NO2S2/c1-4-9-17-15(12(2)21(3,18)19)10-13-11-20-16-8-6-5-7-14(13)16/h5-8,11-12,15,17H,4,9-10H2,1-3H3. The molecule has 0 aliphatic rings. The molecule has 0 fully saturated rings. The van der Waals surface area contributed by atoms with Crippen LogP contribution in [0.1, 0.15) is 25.8 Å². The molecule has 2 atom stereocenters. The number of rotatable bonds is 7. The first kappa shape index (κ1) is 16.5. The van der Waals surface area contributed by atoms with E-state index in [0.29, 0.717) is 0 Å². The van der Waals surface area contributed by atoms with Crippen molar-refractivity contribution in [2.24, 2.45) is 0 Å². The summed E-state index contributed by atoms with van der Waals surface area (Å²) in [6.07, 6.45) is 3.07. The molecule has 2 rings (SSSR count). The molecule has 2 aromatic rings. The minimum absolute atomic E-state index is 0.0436. The van der Waals surface area contributed by atoms with Crippen LogP contribution in [-0.4, -0.2) is 32.5 Å². The fraction of sp³-hybridized carbons (Fsp3) is 0.500. The molecule has 3 nitrogen and oxygen atoms in total. The van der Waals surface area contributed by atoms with Gasteiger partial charge in [0.05, 0.1) is 5.25 Å². The maximum Gasteiger partial charge on any atom is 0.151 e. The van der Waals surface area contributed by atoms with Crippen molar-refractivity contribution in [3.63, 3.8) is 0 Å². The minimum atomic E-state index is -3.05. The quantitative estimate of drug-likeness (QED) is 0.850. The highest BCUT2D eigenvalue weighted by molar-refractivity contribution is 7.91. The normalized spacial score (nSPS) is 15.2. The van der Waals surface area contributed by atoms with Gasteiger partial charge in [-0.25, -0.2) is 8.42 Å². The Morgan fingerprint density at radius 2 is 2.00 bits per heavy atom. The molecular weight excluding hydrogens is 302 g/mol. The summed E-state index contributed by atoms with van der Waals surface area (Å²) in [5.74, 6) is 0. The van der Waals surface area contributed by atoms with E-state index in [0.717, 1.165) is 19.4 Å². The number of hydrogen-bond donors (Lipinski definition) is 1. The number of thiophene rings is 1. The number of fused-ring (bicyclic) bond motifs is 1. The van der Waals surface area contributed by atoms with Gasteiger partial charge in [-0.2, -0.15) is 0 Å². The summed E-state index contributed by atoms with van der Waals surface area (Å²) in [5.41, 5.74) is 1.24. The molecule has 1 N–H and O–H groups in total. The van der Waals surface area contributed by atoms with Crippen molar-refractivity contribution in [2.75, 3.05) is 12.8 Å². The van der Waals surface area contributed by atoms with Crippen molar-refractivity contribution in [3.05, 3.63) is 35.2 Å². The van der Waals surface area contributed by atoms with Gasteiger partial charge in [0.25, 0.3) is 0 Å². The van der Waals surface area contributed by atoms with Crippen LogP contribution in [0.2, 0.25) is 0 Å². The molecule has 116 valence electrons. The lowest BCUT2D eigenvalue weighted by atomic mass is 10.0. The van der Waals surface area contributed by atoms with Crippen LogP contribution in [0.4, 0.5) is 0 Å². The van der Waals surface area contributed by atoms with Crippen LogP contribution in [0, 0.1) is 0 Å². The molecule has 0 radical (unpaired) electrons. The predicted molar refractivity (Wildman–Crippen MR) is 91.9 cm³/mol. The minimum Gasteiger partial charge on any atom is -0.312 e. The van der Waals surface area contributed by atoms with Crippen molar-refractivity contribution in [3.8, 4) is 0 Å². The van der Waals surface area contributed by atoms with E-state index in [4.69, 9.17) is 0 Å². The number of sulfone groups is 1. The maximum atomic E-state index is 11.9. The molecule has 1 heterocycles. The van der Waals surface area contributed by atoms with Crippen LogP contribution in [0.25, 0.3) is 10.1 Å². The highest BCUT2D eigenvalue weighted by Gasteiger charge is 2.26. The Labute approximate surface area is 131 Å². The average molecular weight is 325 g/mol. The fourth-order valence-electron chi connectivity index (χ4n) is 2.46. The molecule has 1 aromatic carbocycles. The first-order chi connectivity index (χ1) is 9.93. The molecule has 1 aromatic heterocycles. The van der Waals surface area contributed by atoms with E-state index in [1.54, 1.807) is 18.3 Å². The van der Waals surface area contributed by atoms with E-state index in [1.165, 1.54) is 21.9 Å². The van der Waals surface area contributed by atoms with Crippen molar-refractivity contribution in [2.45, 2.75) is 38.0 Å². The molecule has 0 saturated heterocycles. The van der Waals surface area contributed by atoms with Gasteiger partial charge in [-0.15, -0.1) is 11.3 Å². The maximum absolute atomic E-state index is 11.9. The van der Waals surface area contributed by atoms with Crippen LogP contribution in [0.5, 0.6) is 0 Å². The van der Waals surface area contributed by atoms with Crippen LogP contribution in [0.15, 0.2) is 29.6 Å². The van der Waals surface area contributed by atoms with Crippen molar-refractivity contribution in [1.82, 2.24) is 5.32 Å². The van der Waals surface area contributed by atoms with E-state index in [9.17, 15) is 8.42 Å². The number of hydrogen-bond acceptors (Lipinski definition) is 4. The second-order valence-corrected chi connectivity index (χ2v) is 8.87. The Balaban J connectivity index is 2.26. The molecule has 0 amide bonds.